The minimum atomic E-state index is -0.451. The molecule has 0 fully saturated rings. The van der Waals surface area contributed by atoms with Crippen molar-refractivity contribution in [1.82, 2.24) is 9.47 Å². The van der Waals surface area contributed by atoms with E-state index in [-0.39, 0.29) is 24.8 Å². The summed E-state index contributed by atoms with van der Waals surface area (Å²) in [7, 11) is 3.33. The van der Waals surface area contributed by atoms with Crippen molar-refractivity contribution in [3.63, 3.8) is 0 Å². The molecule has 134 valence electrons. The molecule has 2 aromatic rings. The Kier molecular flexibility index (Phi) is 5.79. The Morgan fingerprint density at radius 3 is 2.52 bits per heavy atom. The normalized spacial score (nSPS) is 10.6. The van der Waals surface area contributed by atoms with Crippen LogP contribution in [0.25, 0.3) is 0 Å². The second kappa shape index (κ2) is 7.65. The van der Waals surface area contributed by atoms with Crippen molar-refractivity contribution in [2.45, 2.75) is 20.8 Å². The lowest BCUT2D eigenvalue weighted by Gasteiger charge is -2.15. The van der Waals surface area contributed by atoms with E-state index < -0.39 is 5.97 Å². The van der Waals surface area contributed by atoms with E-state index in [1.807, 2.05) is 5.38 Å². The molecule has 0 aliphatic carbocycles. The Morgan fingerprint density at radius 1 is 1.28 bits per heavy atom. The maximum atomic E-state index is 12.8. The van der Waals surface area contributed by atoms with Crippen molar-refractivity contribution in [3.05, 3.63) is 44.9 Å². The van der Waals surface area contributed by atoms with E-state index in [1.54, 1.807) is 51.6 Å². The van der Waals surface area contributed by atoms with Crippen LogP contribution in [0.5, 0.6) is 0 Å². The van der Waals surface area contributed by atoms with Crippen LogP contribution in [0.2, 0.25) is 0 Å². The number of hydrogen-bond donors (Lipinski definition) is 0. The fourth-order valence-electron chi connectivity index (χ4n) is 2.83. The Morgan fingerprint density at radius 2 is 1.96 bits per heavy atom. The van der Waals surface area contributed by atoms with Gasteiger partial charge in [0, 0.05) is 25.4 Å². The average Bonchev–Trinajstić information content (AvgIpc) is 3.15. The Bertz CT molecular complexity index is 806. The van der Waals surface area contributed by atoms with Crippen LogP contribution < -0.4 is 0 Å². The molecule has 0 saturated carbocycles. The molecule has 0 spiro atoms. The van der Waals surface area contributed by atoms with E-state index in [0.717, 1.165) is 0 Å². The number of ketones is 1. The monoisotopic (exact) mass is 362 g/mol. The third-order valence-corrected chi connectivity index (χ3v) is 5.00. The predicted octanol–water partition coefficient (Wildman–Crippen LogP) is 2.84. The minimum Gasteiger partial charge on any atom is -0.461 e. The molecule has 2 aromatic heterocycles. The molecular formula is C18H22N2O4S. The number of carbonyl (C=O) groups is 3. The van der Waals surface area contributed by atoms with Crippen molar-refractivity contribution >= 4 is 29.0 Å². The molecule has 0 radical (unpaired) electrons. The Balaban J connectivity index is 2.26. The molecule has 0 aliphatic rings. The fourth-order valence-corrected chi connectivity index (χ4v) is 3.55. The van der Waals surface area contributed by atoms with Crippen LogP contribution in [0.1, 0.15) is 48.7 Å². The van der Waals surface area contributed by atoms with Gasteiger partial charge in [0.05, 0.1) is 18.0 Å². The number of rotatable bonds is 6. The highest BCUT2D eigenvalue weighted by Gasteiger charge is 2.27. The highest BCUT2D eigenvalue weighted by molar-refractivity contribution is 7.12. The number of esters is 1. The van der Waals surface area contributed by atoms with Crippen molar-refractivity contribution in [2.24, 2.45) is 7.05 Å². The van der Waals surface area contributed by atoms with Crippen molar-refractivity contribution in [1.29, 1.82) is 0 Å². The number of carbonyl (C=O) groups excluding carboxylic acids is 3. The molecule has 2 heterocycles. The van der Waals surface area contributed by atoms with Gasteiger partial charge in [-0.25, -0.2) is 4.79 Å². The summed E-state index contributed by atoms with van der Waals surface area (Å²) in [4.78, 5) is 39.2. The summed E-state index contributed by atoms with van der Waals surface area (Å²) in [6, 6.07) is 3.52. The number of Topliss-reactive ketones (excluding diaryl/α,β-unsaturated/α-hetero) is 1. The number of hydrogen-bond acceptors (Lipinski definition) is 5. The Hall–Kier alpha value is -2.41. The summed E-state index contributed by atoms with van der Waals surface area (Å²) in [5, 5.41) is 1.82. The van der Waals surface area contributed by atoms with Crippen LogP contribution in [0.15, 0.2) is 17.5 Å². The zero-order valence-electron chi connectivity index (χ0n) is 15.1. The fraction of sp³-hybridized carbons (Fsp3) is 0.389. The lowest BCUT2D eigenvalue weighted by atomic mass is 10.1. The van der Waals surface area contributed by atoms with E-state index in [9.17, 15) is 14.4 Å². The first-order valence-electron chi connectivity index (χ1n) is 7.94. The molecule has 0 bridgehead atoms. The number of thiophene rings is 1. The molecule has 6 nitrogen and oxygen atoms in total. The maximum Gasteiger partial charge on any atom is 0.355 e. The first-order valence-corrected chi connectivity index (χ1v) is 8.82. The van der Waals surface area contributed by atoms with Crippen molar-refractivity contribution in [3.8, 4) is 0 Å². The molecule has 25 heavy (non-hydrogen) atoms. The van der Waals surface area contributed by atoms with Gasteiger partial charge < -0.3 is 14.2 Å². The first-order chi connectivity index (χ1) is 11.8. The minimum absolute atomic E-state index is 0.0509. The van der Waals surface area contributed by atoms with Crippen LogP contribution in [-0.4, -0.2) is 47.3 Å². The van der Waals surface area contributed by atoms with Crippen LogP contribution in [0, 0.1) is 13.8 Å². The van der Waals surface area contributed by atoms with Crippen molar-refractivity contribution < 1.29 is 19.1 Å². The summed E-state index contributed by atoms with van der Waals surface area (Å²) in [6.07, 6.45) is 0. The number of likely N-dealkylation sites (N-methyl/N-ethyl adjacent to an activating group) is 1. The van der Waals surface area contributed by atoms with E-state index in [2.05, 4.69) is 0 Å². The van der Waals surface area contributed by atoms with E-state index in [0.29, 0.717) is 27.4 Å². The molecule has 2 rings (SSSR count). The maximum absolute atomic E-state index is 12.8. The molecule has 1 amide bonds. The van der Waals surface area contributed by atoms with Crippen LogP contribution in [0.3, 0.4) is 0 Å². The van der Waals surface area contributed by atoms with Gasteiger partial charge in [0.15, 0.2) is 5.78 Å². The highest BCUT2D eigenvalue weighted by atomic mass is 32.1. The van der Waals surface area contributed by atoms with E-state index in [4.69, 9.17) is 4.74 Å². The van der Waals surface area contributed by atoms with Gasteiger partial charge in [-0.3, -0.25) is 9.59 Å². The molecular weight excluding hydrogens is 340 g/mol. The molecule has 0 unspecified atom stereocenters. The standard InChI is InChI=1S/C18H22N2O4S/c1-6-24-18(23)16-11(2)15(12(3)20(16)5)13(21)10-19(4)17(22)14-8-7-9-25-14/h7-9H,6,10H2,1-5H3. The van der Waals surface area contributed by atoms with Gasteiger partial charge in [-0.15, -0.1) is 11.3 Å². The lowest BCUT2D eigenvalue weighted by Crippen LogP contribution is -2.32. The molecule has 0 atom stereocenters. The zero-order valence-corrected chi connectivity index (χ0v) is 15.9. The third-order valence-electron chi connectivity index (χ3n) is 4.14. The van der Waals surface area contributed by atoms with Gasteiger partial charge in [-0.05, 0) is 37.8 Å². The van der Waals surface area contributed by atoms with Gasteiger partial charge in [0.25, 0.3) is 5.91 Å². The second-order valence-electron chi connectivity index (χ2n) is 5.78. The van der Waals surface area contributed by atoms with Gasteiger partial charge in [-0.1, -0.05) is 6.07 Å². The SMILES string of the molecule is CCOC(=O)c1c(C)c(C(=O)CN(C)C(=O)c2cccs2)c(C)n1C. The lowest BCUT2D eigenvalue weighted by molar-refractivity contribution is 0.0514. The first kappa shape index (κ1) is 18.9. The highest BCUT2D eigenvalue weighted by Crippen LogP contribution is 2.23. The molecule has 0 aromatic carbocycles. The quantitative estimate of drug-likeness (QED) is 0.585. The third kappa shape index (κ3) is 3.66. The summed E-state index contributed by atoms with van der Waals surface area (Å²) < 4.78 is 6.74. The Labute approximate surface area is 151 Å². The van der Waals surface area contributed by atoms with E-state index in [1.165, 1.54) is 16.2 Å². The topological polar surface area (TPSA) is 68.6 Å². The van der Waals surface area contributed by atoms with Crippen molar-refractivity contribution in [2.75, 3.05) is 20.2 Å². The number of nitrogens with zero attached hydrogens (tertiary/aromatic N) is 2. The van der Waals surface area contributed by atoms with Gasteiger partial charge in [-0.2, -0.15) is 0 Å². The summed E-state index contributed by atoms with van der Waals surface area (Å²) >= 11 is 1.34. The molecule has 0 saturated heterocycles. The smallest absolute Gasteiger partial charge is 0.355 e. The summed E-state index contributed by atoms with van der Waals surface area (Å²) in [6.45, 7) is 5.46. The van der Waals surface area contributed by atoms with Gasteiger partial charge in [0.1, 0.15) is 5.69 Å². The summed E-state index contributed by atoms with van der Waals surface area (Å²) in [5.74, 6) is -0.846. The predicted molar refractivity (Wildman–Crippen MR) is 96.5 cm³/mol. The molecule has 7 heteroatoms. The largest absolute Gasteiger partial charge is 0.461 e. The number of amides is 1. The summed E-state index contributed by atoms with van der Waals surface area (Å²) in [5.41, 5.74) is 2.11. The zero-order chi connectivity index (χ0) is 18.7. The van der Waals surface area contributed by atoms with E-state index >= 15 is 0 Å². The molecule has 0 N–H and O–H groups in total. The van der Waals surface area contributed by atoms with Gasteiger partial charge in [0.2, 0.25) is 0 Å². The average molecular weight is 362 g/mol. The molecule has 0 aliphatic heterocycles. The number of ether oxygens (including phenoxy) is 1. The number of aromatic nitrogens is 1. The van der Waals surface area contributed by atoms with Crippen LogP contribution >= 0.6 is 11.3 Å². The van der Waals surface area contributed by atoms with Crippen LogP contribution in [-0.2, 0) is 11.8 Å². The van der Waals surface area contributed by atoms with Crippen LogP contribution in [0.4, 0.5) is 0 Å². The van der Waals surface area contributed by atoms with Gasteiger partial charge >= 0.3 is 5.97 Å². The second-order valence-corrected chi connectivity index (χ2v) is 6.72.